The number of anilines is 1. The van der Waals surface area contributed by atoms with Crippen LogP contribution >= 0.6 is 11.6 Å². The van der Waals surface area contributed by atoms with Crippen LogP contribution in [0.5, 0.6) is 0 Å². The second kappa shape index (κ2) is 5.07. The Labute approximate surface area is 115 Å². The molecular formula is C13H15ClFN3O. The highest BCUT2D eigenvalue weighted by Crippen LogP contribution is 2.35. The lowest BCUT2D eigenvalue weighted by Gasteiger charge is -2.11. The second-order valence-corrected chi connectivity index (χ2v) is 5.55. The van der Waals surface area contributed by atoms with Crippen molar-refractivity contribution in [3.63, 3.8) is 0 Å². The molecule has 1 saturated heterocycles. The number of hydrogen-bond acceptors (Lipinski definition) is 3. The molecule has 6 heteroatoms. The van der Waals surface area contributed by atoms with E-state index >= 15 is 0 Å². The molecule has 102 valence electrons. The topological polar surface area (TPSA) is 53.2 Å². The van der Waals surface area contributed by atoms with Gasteiger partial charge in [0.25, 0.3) is 0 Å². The third-order valence-corrected chi connectivity index (χ3v) is 3.92. The van der Waals surface area contributed by atoms with Gasteiger partial charge in [-0.05, 0) is 43.4 Å². The summed E-state index contributed by atoms with van der Waals surface area (Å²) in [6.07, 6.45) is 3.26. The maximum Gasteiger partial charge on any atom is 0.242 e. The van der Waals surface area contributed by atoms with Crippen LogP contribution in [0.3, 0.4) is 0 Å². The molecule has 0 spiro atoms. The van der Waals surface area contributed by atoms with Gasteiger partial charge in [-0.1, -0.05) is 11.6 Å². The van der Waals surface area contributed by atoms with Crippen LogP contribution in [0.4, 0.5) is 10.1 Å². The number of carbonyl (C=O) groups excluding carboxylic acids is 1. The van der Waals surface area contributed by atoms with Gasteiger partial charge >= 0.3 is 0 Å². The molecule has 2 atom stereocenters. The van der Waals surface area contributed by atoms with Gasteiger partial charge in [0.05, 0.1) is 5.02 Å². The number of benzene rings is 1. The molecule has 0 bridgehead atoms. The minimum atomic E-state index is -0.492. The van der Waals surface area contributed by atoms with Crippen molar-refractivity contribution in [3.05, 3.63) is 29.0 Å². The van der Waals surface area contributed by atoms with E-state index in [1.807, 2.05) is 0 Å². The predicted molar refractivity (Wildman–Crippen MR) is 71.2 cm³/mol. The van der Waals surface area contributed by atoms with Gasteiger partial charge in [-0.3, -0.25) is 10.2 Å². The highest BCUT2D eigenvalue weighted by atomic mass is 35.5. The number of carbonyl (C=O) groups is 1. The predicted octanol–water partition coefficient (Wildman–Crippen LogP) is 2.06. The Morgan fingerprint density at radius 1 is 1.37 bits per heavy atom. The summed E-state index contributed by atoms with van der Waals surface area (Å²) in [5.41, 5.74) is 6.67. The molecule has 3 N–H and O–H groups in total. The molecule has 1 aromatic carbocycles. The average Bonchev–Trinajstić information content (AvgIpc) is 3.11. The maximum atomic E-state index is 13.0. The van der Waals surface area contributed by atoms with Crippen molar-refractivity contribution >= 4 is 23.2 Å². The van der Waals surface area contributed by atoms with Gasteiger partial charge in [0.2, 0.25) is 5.91 Å². The average molecular weight is 284 g/mol. The molecule has 2 aliphatic rings. The first kappa shape index (κ1) is 12.8. The van der Waals surface area contributed by atoms with E-state index in [0.717, 1.165) is 6.42 Å². The zero-order valence-electron chi connectivity index (χ0n) is 10.2. The molecule has 1 aliphatic heterocycles. The molecule has 19 heavy (non-hydrogen) atoms. The lowest BCUT2D eigenvalue weighted by molar-refractivity contribution is -0.117. The number of amides is 1. The van der Waals surface area contributed by atoms with Crippen LogP contribution in [0.1, 0.15) is 19.3 Å². The van der Waals surface area contributed by atoms with Crippen LogP contribution in [0.25, 0.3) is 0 Å². The molecule has 1 heterocycles. The van der Waals surface area contributed by atoms with Gasteiger partial charge in [-0.2, -0.15) is 0 Å². The molecule has 1 aromatic rings. The highest BCUT2D eigenvalue weighted by molar-refractivity contribution is 6.31. The Hall–Kier alpha value is -1.17. The van der Waals surface area contributed by atoms with E-state index in [0.29, 0.717) is 17.6 Å². The first-order valence-electron chi connectivity index (χ1n) is 6.40. The van der Waals surface area contributed by atoms with Crippen LogP contribution in [0, 0.1) is 11.7 Å². The number of hydrazine groups is 1. The van der Waals surface area contributed by atoms with E-state index in [-0.39, 0.29) is 17.0 Å². The molecular weight excluding hydrogens is 269 g/mol. The van der Waals surface area contributed by atoms with Crippen molar-refractivity contribution < 1.29 is 9.18 Å². The first-order valence-corrected chi connectivity index (χ1v) is 6.78. The minimum absolute atomic E-state index is 0.00571. The number of hydrogen-bond donors (Lipinski definition) is 3. The van der Waals surface area contributed by atoms with Crippen LogP contribution in [-0.4, -0.2) is 18.0 Å². The molecule has 1 amide bonds. The fourth-order valence-electron chi connectivity index (χ4n) is 2.36. The summed E-state index contributed by atoms with van der Waals surface area (Å²) < 4.78 is 13.0. The van der Waals surface area contributed by atoms with Gasteiger partial charge in [-0.25, -0.2) is 9.82 Å². The van der Waals surface area contributed by atoms with Crippen molar-refractivity contribution in [2.75, 3.05) is 5.32 Å². The summed E-state index contributed by atoms with van der Waals surface area (Å²) >= 11 is 5.68. The smallest absolute Gasteiger partial charge is 0.242 e. The normalized spacial score (nSPS) is 26.4. The summed E-state index contributed by atoms with van der Waals surface area (Å²) in [7, 11) is 0. The second-order valence-electron chi connectivity index (χ2n) is 5.14. The summed E-state index contributed by atoms with van der Waals surface area (Å²) in [6, 6.07) is 4.28. The van der Waals surface area contributed by atoms with Crippen LogP contribution in [-0.2, 0) is 4.79 Å². The Morgan fingerprint density at radius 2 is 2.16 bits per heavy atom. The molecule has 2 fully saturated rings. The van der Waals surface area contributed by atoms with Gasteiger partial charge < -0.3 is 5.32 Å². The molecule has 2 unspecified atom stereocenters. The summed E-state index contributed by atoms with van der Waals surface area (Å²) in [4.78, 5) is 12.0. The quantitative estimate of drug-likeness (QED) is 0.796. The monoisotopic (exact) mass is 283 g/mol. The molecule has 1 saturated carbocycles. The van der Waals surface area contributed by atoms with E-state index in [9.17, 15) is 9.18 Å². The lowest BCUT2D eigenvalue weighted by Crippen LogP contribution is -2.40. The van der Waals surface area contributed by atoms with E-state index in [4.69, 9.17) is 11.6 Å². The van der Waals surface area contributed by atoms with Crippen molar-refractivity contribution in [1.82, 2.24) is 10.9 Å². The van der Waals surface area contributed by atoms with Crippen molar-refractivity contribution in [2.45, 2.75) is 31.3 Å². The molecule has 1 aliphatic carbocycles. The Kier molecular flexibility index (Phi) is 3.43. The maximum absolute atomic E-state index is 13.0. The van der Waals surface area contributed by atoms with Crippen molar-refractivity contribution in [2.24, 2.45) is 5.92 Å². The first-order chi connectivity index (χ1) is 9.13. The molecule has 0 radical (unpaired) electrons. The fourth-order valence-corrected chi connectivity index (χ4v) is 2.54. The SMILES string of the molecule is O=C(Nc1ccc(F)c(Cl)c1)C1CC(C2CC2)NN1. The minimum Gasteiger partial charge on any atom is -0.325 e. The highest BCUT2D eigenvalue weighted by Gasteiger charge is 2.38. The van der Waals surface area contributed by atoms with Gasteiger partial charge in [0.1, 0.15) is 11.9 Å². The lowest BCUT2D eigenvalue weighted by atomic mass is 10.1. The van der Waals surface area contributed by atoms with E-state index in [1.165, 1.54) is 31.0 Å². The van der Waals surface area contributed by atoms with Gasteiger partial charge in [0, 0.05) is 11.7 Å². The van der Waals surface area contributed by atoms with E-state index < -0.39 is 5.82 Å². The zero-order valence-corrected chi connectivity index (χ0v) is 11.0. The Morgan fingerprint density at radius 3 is 2.84 bits per heavy atom. The standard InChI is InChI=1S/C13H15ClFN3O/c14-9-5-8(3-4-10(9)15)16-13(19)12-6-11(17-18-12)7-1-2-7/h3-5,7,11-12,17-18H,1-2,6H2,(H,16,19). The van der Waals surface area contributed by atoms with Crippen molar-refractivity contribution in [1.29, 1.82) is 0 Å². The largest absolute Gasteiger partial charge is 0.325 e. The van der Waals surface area contributed by atoms with Gasteiger partial charge in [-0.15, -0.1) is 0 Å². The van der Waals surface area contributed by atoms with E-state index in [2.05, 4.69) is 16.2 Å². The summed E-state index contributed by atoms with van der Waals surface area (Å²) in [6.45, 7) is 0. The van der Waals surface area contributed by atoms with Crippen LogP contribution in [0.2, 0.25) is 5.02 Å². The summed E-state index contributed by atoms with van der Waals surface area (Å²) in [5, 5.41) is 2.74. The molecule has 4 nitrogen and oxygen atoms in total. The Bertz CT molecular complexity index is 507. The molecule has 0 aromatic heterocycles. The van der Waals surface area contributed by atoms with Gasteiger partial charge in [0.15, 0.2) is 0 Å². The third-order valence-electron chi connectivity index (χ3n) is 3.63. The van der Waals surface area contributed by atoms with Crippen LogP contribution in [0.15, 0.2) is 18.2 Å². The number of halogens is 2. The third kappa shape index (κ3) is 2.88. The zero-order chi connectivity index (χ0) is 13.4. The fraction of sp³-hybridized carbons (Fsp3) is 0.462. The molecule has 3 rings (SSSR count). The number of nitrogens with one attached hydrogen (secondary N) is 3. The number of rotatable bonds is 3. The van der Waals surface area contributed by atoms with E-state index in [1.54, 1.807) is 0 Å². The van der Waals surface area contributed by atoms with Crippen molar-refractivity contribution in [3.8, 4) is 0 Å². The Balaban J connectivity index is 1.60. The van der Waals surface area contributed by atoms with Crippen LogP contribution < -0.4 is 16.2 Å². The summed E-state index contributed by atoms with van der Waals surface area (Å²) in [5.74, 6) is 0.0815.